The Bertz CT molecular complexity index is 2980. The molecule has 0 bridgehead atoms. The van der Waals surface area contributed by atoms with Gasteiger partial charge in [-0.05, 0) is 53.2 Å². The lowest BCUT2D eigenvalue weighted by Gasteiger charge is -2.26. The van der Waals surface area contributed by atoms with E-state index < -0.39 is 106 Å². The number of hydrogen-bond acceptors (Lipinski definition) is 33. The van der Waals surface area contributed by atoms with Crippen LogP contribution < -0.4 is 18.5 Å². The Morgan fingerprint density at radius 1 is 0.654 bits per heavy atom. The summed E-state index contributed by atoms with van der Waals surface area (Å²) in [4.78, 5) is 99.0. The summed E-state index contributed by atoms with van der Waals surface area (Å²) in [5.41, 5.74) is 0.578. The number of para-hydroxylation sites is 2. The molecule has 38 nitrogen and oxygen atoms in total. The van der Waals surface area contributed by atoms with Crippen molar-refractivity contribution >= 4 is 34.3 Å². The molecule has 0 aliphatic heterocycles. The average Bonchev–Trinajstić information content (AvgIpc) is 3.93. The van der Waals surface area contributed by atoms with Gasteiger partial charge in [0.25, 0.3) is 31.2 Å². The van der Waals surface area contributed by atoms with Crippen LogP contribution in [0.4, 0.5) is 20.2 Å². The minimum atomic E-state index is -5.01. The van der Waals surface area contributed by atoms with E-state index in [1.165, 1.54) is 49.8 Å². The first-order valence-corrected chi connectivity index (χ1v) is 24.5. The SMILES string of the molecule is COc1ccccc1Oc1c(OCCOC(=O)OCCOCCO[N+](=O)[O-])nc(-c2ccnc(-c3nnnn3COC(=O)OCCOCCO[N+](=O)[O-])c2)nc1N(COC(=O)OCCOCCO[N+](=O)[O-])S(=O)(=O)c1ccc(C)cn1. The molecule has 4 aromatic heterocycles. The summed E-state index contributed by atoms with van der Waals surface area (Å²) >= 11 is 0. The summed E-state index contributed by atoms with van der Waals surface area (Å²) in [5.74, 6) is -2.26. The Balaban J connectivity index is 1.52. The van der Waals surface area contributed by atoms with Gasteiger partial charge in [-0.3, -0.25) is 4.98 Å². The molecule has 0 N–H and O–H groups in total. The fourth-order valence-electron chi connectivity index (χ4n) is 5.83. The molecule has 81 heavy (non-hydrogen) atoms. The molecular formula is C42H48N12O26S. The van der Waals surface area contributed by atoms with Crippen LogP contribution in [0.3, 0.4) is 0 Å². The van der Waals surface area contributed by atoms with Crippen molar-refractivity contribution < 1.29 is 109 Å². The van der Waals surface area contributed by atoms with Gasteiger partial charge in [-0.1, -0.05) is 18.2 Å². The number of pyridine rings is 2. The molecule has 0 amide bonds. The Kier molecular flexibility index (Phi) is 25.1. The normalized spacial score (nSPS) is 10.8. The van der Waals surface area contributed by atoms with Crippen molar-refractivity contribution in [2.45, 2.75) is 18.7 Å². The van der Waals surface area contributed by atoms with Crippen LogP contribution in [0.25, 0.3) is 22.9 Å². The van der Waals surface area contributed by atoms with Gasteiger partial charge < -0.3 is 71.4 Å². The summed E-state index contributed by atoms with van der Waals surface area (Å²) in [6, 6.07) is 11.4. The predicted molar refractivity (Wildman–Crippen MR) is 258 cm³/mol. The van der Waals surface area contributed by atoms with Crippen LogP contribution in [-0.4, -0.2) is 189 Å². The van der Waals surface area contributed by atoms with Crippen LogP contribution in [-0.2, 0) is 73.9 Å². The summed E-state index contributed by atoms with van der Waals surface area (Å²) in [6.07, 6.45) is -1.31. The van der Waals surface area contributed by atoms with Crippen molar-refractivity contribution in [2.24, 2.45) is 0 Å². The molecule has 1 aromatic carbocycles. The zero-order chi connectivity index (χ0) is 58.4. The summed E-state index contributed by atoms with van der Waals surface area (Å²) < 4.78 is 95.0. The number of aryl methyl sites for hydroxylation is 1. The number of sulfonamides is 1. The van der Waals surface area contributed by atoms with Gasteiger partial charge >= 0.3 is 18.5 Å². The number of methoxy groups -OCH3 is 1. The Hall–Kier alpha value is -9.89. The molecule has 0 spiro atoms. The van der Waals surface area contributed by atoms with Gasteiger partial charge in [0.05, 0.1) is 46.8 Å². The van der Waals surface area contributed by atoms with E-state index in [4.69, 9.17) is 56.8 Å². The van der Waals surface area contributed by atoms with E-state index in [0.717, 1.165) is 10.7 Å². The molecular weight excluding hydrogens is 1120 g/mol. The summed E-state index contributed by atoms with van der Waals surface area (Å²) in [7, 11) is -3.70. The zero-order valence-electron chi connectivity index (χ0n) is 42.5. The second-order valence-corrected chi connectivity index (χ2v) is 16.6. The molecule has 0 fully saturated rings. The largest absolute Gasteiger partial charge is 0.510 e. The van der Waals surface area contributed by atoms with Crippen LogP contribution in [0, 0.1) is 37.3 Å². The molecule has 0 saturated carbocycles. The molecule has 0 aliphatic rings. The number of carbonyl (C=O) groups excluding carboxylic acids is 3. The molecule has 0 unspecified atom stereocenters. The van der Waals surface area contributed by atoms with Crippen molar-refractivity contribution in [1.82, 2.24) is 40.1 Å². The van der Waals surface area contributed by atoms with Crippen LogP contribution in [0.2, 0.25) is 0 Å². The zero-order valence-corrected chi connectivity index (χ0v) is 43.3. The molecule has 0 aliphatic carbocycles. The van der Waals surface area contributed by atoms with E-state index >= 15 is 0 Å². The lowest BCUT2D eigenvalue weighted by atomic mass is 10.2. The third-order valence-electron chi connectivity index (χ3n) is 9.31. The third-order valence-corrected chi connectivity index (χ3v) is 10.9. The quantitative estimate of drug-likeness (QED) is 0.0137. The minimum absolute atomic E-state index is 0.0160. The molecule has 5 rings (SSSR count). The number of rotatable bonds is 37. The maximum Gasteiger partial charge on any atom is 0.510 e. The number of aromatic nitrogens is 8. The first-order chi connectivity index (χ1) is 39.0. The lowest BCUT2D eigenvalue weighted by Crippen LogP contribution is -2.36. The molecule has 0 radical (unpaired) electrons. The number of hydrogen-bond donors (Lipinski definition) is 0. The van der Waals surface area contributed by atoms with Crippen LogP contribution >= 0.6 is 0 Å². The molecule has 5 aromatic rings. The van der Waals surface area contributed by atoms with Crippen LogP contribution in [0.15, 0.2) is 66.0 Å². The fourth-order valence-corrected chi connectivity index (χ4v) is 7.03. The third kappa shape index (κ3) is 21.1. The molecule has 0 atom stereocenters. The van der Waals surface area contributed by atoms with Crippen molar-refractivity contribution in [1.29, 1.82) is 0 Å². The lowest BCUT2D eigenvalue weighted by molar-refractivity contribution is -0.758. The number of ether oxygens (including phenoxy) is 12. The highest BCUT2D eigenvalue weighted by Crippen LogP contribution is 2.44. The van der Waals surface area contributed by atoms with Gasteiger partial charge in [-0.15, -0.1) is 35.4 Å². The smallest absolute Gasteiger partial charge is 0.493 e. The van der Waals surface area contributed by atoms with Crippen LogP contribution in [0.5, 0.6) is 23.1 Å². The number of tetrazole rings is 1. The number of carbonyl (C=O) groups is 3. The Morgan fingerprint density at radius 3 is 1.78 bits per heavy atom. The van der Waals surface area contributed by atoms with Gasteiger partial charge in [0.1, 0.15) is 58.5 Å². The Labute approximate surface area is 455 Å². The monoisotopic (exact) mass is 1170 g/mol. The van der Waals surface area contributed by atoms with Gasteiger partial charge in [-0.2, -0.15) is 18.1 Å². The average molecular weight is 1170 g/mol. The van der Waals surface area contributed by atoms with Crippen LogP contribution in [0.1, 0.15) is 5.56 Å². The van der Waals surface area contributed by atoms with E-state index in [1.807, 2.05) is 0 Å². The van der Waals surface area contributed by atoms with Gasteiger partial charge in [-0.25, -0.2) is 28.7 Å². The molecule has 438 valence electrons. The van der Waals surface area contributed by atoms with Crippen molar-refractivity contribution in [3.8, 4) is 46.0 Å². The first-order valence-electron chi connectivity index (χ1n) is 23.0. The second kappa shape index (κ2) is 32.8. The van der Waals surface area contributed by atoms with E-state index in [-0.39, 0.29) is 100 Å². The van der Waals surface area contributed by atoms with E-state index in [1.54, 1.807) is 19.1 Å². The highest BCUT2D eigenvalue weighted by Gasteiger charge is 2.35. The fraction of sp³-hybridized carbons (Fsp3) is 0.429. The van der Waals surface area contributed by atoms with Crippen molar-refractivity contribution in [3.63, 3.8) is 0 Å². The predicted octanol–water partition coefficient (Wildman–Crippen LogP) is 2.32. The maximum atomic E-state index is 14.9. The number of nitrogens with zero attached hydrogens (tertiary/aromatic N) is 12. The standard InChI is InChI=1S/C42H48N12O26S/c1-29-7-8-34(44-26-29)81(64,65)51(28-76-42(57)73-19-13-69-16-24-79-54(62)63)38-35(80-33-6-4-3-5-32(33)66-2)39(70-20-21-74-40(55)71-17-11-67-14-22-77-52(58)59)46-36(45-38)30-9-10-43-31(25-30)37-47-48-49-50(37)27-75-41(56)72-18-12-68-15-23-78-53(60)61/h3-10,25-26H,11-24,27-28H2,1-2H3. The van der Waals surface area contributed by atoms with Gasteiger partial charge in [0.2, 0.25) is 11.6 Å². The topological polar surface area (TPSA) is 452 Å². The van der Waals surface area contributed by atoms with Gasteiger partial charge in [0.15, 0.2) is 41.6 Å². The summed E-state index contributed by atoms with van der Waals surface area (Å²) in [6.45, 7) is -4.78. The minimum Gasteiger partial charge on any atom is -0.493 e. The molecule has 4 heterocycles. The highest BCUT2D eigenvalue weighted by atomic mass is 32.2. The second-order valence-electron chi connectivity index (χ2n) is 14.8. The van der Waals surface area contributed by atoms with E-state index in [0.29, 0.717) is 9.87 Å². The van der Waals surface area contributed by atoms with Crippen molar-refractivity contribution in [3.05, 3.63) is 96.8 Å². The van der Waals surface area contributed by atoms with E-state index in [2.05, 4.69) is 50.0 Å². The molecule has 39 heteroatoms. The highest BCUT2D eigenvalue weighted by molar-refractivity contribution is 7.92. The van der Waals surface area contributed by atoms with E-state index in [9.17, 15) is 53.1 Å². The maximum absolute atomic E-state index is 14.9. The molecule has 0 saturated heterocycles. The Morgan fingerprint density at radius 2 is 1.21 bits per heavy atom. The summed E-state index contributed by atoms with van der Waals surface area (Å²) in [5, 5.41) is 38.9. The van der Waals surface area contributed by atoms with Gasteiger partial charge in [0, 0.05) is 18.0 Å². The number of benzene rings is 1. The first kappa shape index (κ1) is 62.0. The number of anilines is 1. The van der Waals surface area contributed by atoms with Crippen molar-refractivity contribution in [2.75, 3.05) is 111 Å².